The molecular formula is C14H23FN2. The number of nitrogens with zero attached hydrogens (tertiary/aromatic N) is 1. The maximum Gasteiger partial charge on any atom is 0.119 e. The predicted molar refractivity (Wildman–Crippen MR) is 73.8 cm³/mol. The van der Waals surface area contributed by atoms with Crippen molar-refractivity contribution in [3.05, 3.63) is 35.2 Å². The lowest BCUT2D eigenvalue weighted by molar-refractivity contribution is 0.662. The molecule has 0 aliphatic heterocycles. The molecule has 0 saturated heterocycles. The van der Waals surface area contributed by atoms with Crippen LogP contribution >= 0.6 is 0 Å². The molecule has 0 heterocycles. The molecule has 96 valence electrons. The van der Waals surface area contributed by atoms with E-state index in [4.69, 9.17) is 5.73 Å². The summed E-state index contributed by atoms with van der Waals surface area (Å²) in [7, 11) is 0. The summed E-state index contributed by atoms with van der Waals surface area (Å²) in [6.45, 7) is 9.33. The van der Waals surface area contributed by atoms with Crippen LogP contribution in [-0.4, -0.2) is 11.9 Å². The fraction of sp³-hybridized carbons (Fsp3) is 0.500. The van der Waals surface area contributed by atoms with Gasteiger partial charge in [0.25, 0.3) is 0 Å². The summed E-state index contributed by atoms with van der Waals surface area (Å²) in [6.07, 6.45) is 5.92. The fourth-order valence-corrected chi connectivity index (χ4v) is 1.63. The smallest absolute Gasteiger partial charge is 0.119 e. The summed E-state index contributed by atoms with van der Waals surface area (Å²) < 4.78 is 13.2. The van der Waals surface area contributed by atoms with Crippen LogP contribution in [0.2, 0.25) is 0 Å². The van der Waals surface area contributed by atoms with Gasteiger partial charge in [-0.3, -0.25) is 4.99 Å². The van der Waals surface area contributed by atoms with E-state index in [-0.39, 0.29) is 11.9 Å². The van der Waals surface area contributed by atoms with E-state index in [9.17, 15) is 4.39 Å². The molecule has 1 atom stereocenters. The number of hydrogen-bond acceptors (Lipinski definition) is 1. The maximum atomic E-state index is 13.2. The van der Waals surface area contributed by atoms with Gasteiger partial charge < -0.3 is 5.73 Å². The molecule has 0 saturated carbocycles. The number of nitrogens with two attached hydrogens (primary N) is 1. The molecular weight excluding hydrogens is 215 g/mol. The van der Waals surface area contributed by atoms with E-state index in [1.807, 2.05) is 20.8 Å². The maximum absolute atomic E-state index is 13.2. The lowest BCUT2D eigenvalue weighted by Crippen LogP contribution is -2.13. The van der Waals surface area contributed by atoms with Gasteiger partial charge in [-0.25, -0.2) is 4.39 Å². The topological polar surface area (TPSA) is 38.4 Å². The Balaban J connectivity index is 5.20. The summed E-state index contributed by atoms with van der Waals surface area (Å²) in [6, 6.07) is -0.0409. The van der Waals surface area contributed by atoms with Crippen LogP contribution in [0.25, 0.3) is 0 Å². The summed E-state index contributed by atoms with van der Waals surface area (Å²) in [5.41, 5.74) is 7.48. The highest BCUT2D eigenvalue weighted by molar-refractivity contribution is 5.77. The van der Waals surface area contributed by atoms with Gasteiger partial charge in [-0.1, -0.05) is 19.1 Å². The number of hydrogen-bond donors (Lipinski definition) is 1. The molecule has 0 bridgehead atoms. The van der Waals surface area contributed by atoms with Crippen LogP contribution in [0.4, 0.5) is 4.39 Å². The lowest BCUT2D eigenvalue weighted by Gasteiger charge is -2.13. The van der Waals surface area contributed by atoms with Crippen LogP contribution in [0.1, 0.15) is 41.0 Å². The van der Waals surface area contributed by atoms with Gasteiger partial charge in [0.1, 0.15) is 5.83 Å². The van der Waals surface area contributed by atoms with Gasteiger partial charge >= 0.3 is 0 Å². The zero-order chi connectivity index (χ0) is 13.4. The van der Waals surface area contributed by atoms with E-state index in [1.54, 1.807) is 13.8 Å². The predicted octanol–water partition coefficient (Wildman–Crippen LogP) is 3.91. The molecule has 0 aromatic rings. The molecule has 1 unspecified atom stereocenters. The number of aliphatic imine (C=N–C) groups is 1. The molecule has 0 fully saturated rings. The molecule has 0 aliphatic rings. The Bertz CT molecular complexity index is 358. The van der Waals surface area contributed by atoms with Gasteiger partial charge in [0, 0.05) is 0 Å². The molecule has 0 aromatic carbocycles. The third-order valence-corrected chi connectivity index (χ3v) is 2.36. The molecule has 0 radical (unpaired) electrons. The minimum absolute atomic E-state index is 0.0409. The second kappa shape index (κ2) is 7.82. The van der Waals surface area contributed by atoms with Crippen LogP contribution in [-0.2, 0) is 0 Å². The molecule has 0 rings (SSSR count). The minimum atomic E-state index is -0.231. The van der Waals surface area contributed by atoms with Crippen LogP contribution in [0.5, 0.6) is 0 Å². The van der Waals surface area contributed by atoms with Gasteiger partial charge in [0.05, 0.1) is 11.9 Å². The van der Waals surface area contributed by atoms with Crippen molar-refractivity contribution < 1.29 is 4.39 Å². The number of amidine groups is 1. The standard InChI is InChI=1S/C14H23FN2/c1-6-8-14(11(4)17-12(5)16)10(3)9-13(15)7-2/h7-9,11H,6H2,1-5H3,(H2,16,17)/b10-9-,13-7+,14-8-. The second-order valence-corrected chi connectivity index (χ2v) is 4.02. The highest BCUT2D eigenvalue weighted by atomic mass is 19.1. The van der Waals surface area contributed by atoms with Crippen molar-refractivity contribution in [2.24, 2.45) is 10.7 Å². The third kappa shape index (κ3) is 6.05. The number of allylic oxidation sites excluding steroid dienone is 4. The van der Waals surface area contributed by atoms with Crippen LogP contribution < -0.4 is 5.73 Å². The van der Waals surface area contributed by atoms with Crippen LogP contribution in [0.15, 0.2) is 40.2 Å². The van der Waals surface area contributed by atoms with E-state index in [0.29, 0.717) is 5.84 Å². The van der Waals surface area contributed by atoms with Gasteiger partial charge in [-0.15, -0.1) is 0 Å². The molecule has 0 spiro atoms. The molecule has 2 nitrogen and oxygen atoms in total. The van der Waals surface area contributed by atoms with Crippen LogP contribution in [0, 0.1) is 0 Å². The van der Waals surface area contributed by atoms with Gasteiger partial charge in [-0.05, 0) is 51.3 Å². The van der Waals surface area contributed by atoms with E-state index < -0.39 is 0 Å². The molecule has 3 heteroatoms. The monoisotopic (exact) mass is 238 g/mol. The van der Waals surface area contributed by atoms with Crippen molar-refractivity contribution in [3.8, 4) is 0 Å². The quantitative estimate of drug-likeness (QED) is 0.440. The average Bonchev–Trinajstić information content (AvgIpc) is 2.24. The number of halogens is 1. The Kier molecular flexibility index (Phi) is 7.19. The molecule has 0 aromatic heterocycles. The van der Waals surface area contributed by atoms with Crippen molar-refractivity contribution >= 4 is 5.84 Å². The zero-order valence-electron chi connectivity index (χ0n) is 11.4. The fourth-order valence-electron chi connectivity index (χ4n) is 1.63. The first-order chi connectivity index (χ1) is 7.92. The zero-order valence-corrected chi connectivity index (χ0v) is 11.4. The first-order valence-corrected chi connectivity index (χ1v) is 5.92. The van der Waals surface area contributed by atoms with Gasteiger partial charge in [0.2, 0.25) is 0 Å². The highest BCUT2D eigenvalue weighted by Gasteiger charge is 2.09. The van der Waals surface area contributed by atoms with Gasteiger partial charge in [0.15, 0.2) is 0 Å². The van der Waals surface area contributed by atoms with Crippen molar-refractivity contribution in [2.45, 2.75) is 47.1 Å². The highest BCUT2D eigenvalue weighted by Crippen LogP contribution is 2.19. The Morgan fingerprint density at radius 1 is 1.41 bits per heavy atom. The summed E-state index contributed by atoms with van der Waals surface area (Å²) in [5, 5.41) is 0. The van der Waals surface area contributed by atoms with E-state index >= 15 is 0 Å². The van der Waals surface area contributed by atoms with Crippen molar-refractivity contribution in [3.63, 3.8) is 0 Å². The van der Waals surface area contributed by atoms with Crippen molar-refractivity contribution in [1.82, 2.24) is 0 Å². The Hall–Kier alpha value is -1.38. The first kappa shape index (κ1) is 15.6. The molecule has 0 aliphatic carbocycles. The first-order valence-electron chi connectivity index (χ1n) is 5.92. The summed E-state index contributed by atoms with van der Waals surface area (Å²) in [4.78, 5) is 4.29. The Labute approximate surface area is 104 Å². The Morgan fingerprint density at radius 2 is 2.00 bits per heavy atom. The third-order valence-electron chi connectivity index (χ3n) is 2.36. The lowest BCUT2D eigenvalue weighted by atomic mass is 9.99. The van der Waals surface area contributed by atoms with E-state index in [0.717, 1.165) is 17.6 Å². The van der Waals surface area contributed by atoms with Crippen molar-refractivity contribution in [1.29, 1.82) is 0 Å². The van der Waals surface area contributed by atoms with E-state index in [2.05, 4.69) is 11.1 Å². The van der Waals surface area contributed by atoms with E-state index in [1.165, 1.54) is 12.2 Å². The molecule has 0 amide bonds. The molecule has 2 N–H and O–H groups in total. The summed E-state index contributed by atoms with van der Waals surface area (Å²) in [5.74, 6) is 0.309. The van der Waals surface area contributed by atoms with Crippen LogP contribution in [0.3, 0.4) is 0 Å². The second-order valence-electron chi connectivity index (χ2n) is 4.02. The largest absolute Gasteiger partial charge is 0.388 e. The normalized spacial score (nSPS) is 17.3. The van der Waals surface area contributed by atoms with Crippen molar-refractivity contribution in [2.75, 3.05) is 0 Å². The van der Waals surface area contributed by atoms with Gasteiger partial charge in [-0.2, -0.15) is 0 Å². The number of rotatable bonds is 5. The molecule has 17 heavy (non-hydrogen) atoms. The minimum Gasteiger partial charge on any atom is -0.388 e. The Morgan fingerprint density at radius 3 is 2.41 bits per heavy atom. The SMILES string of the molecule is C\C=C(F)/C=C(C)\C(=C\CC)C(C)N=C(C)N. The summed E-state index contributed by atoms with van der Waals surface area (Å²) >= 11 is 0. The average molecular weight is 238 g/mol.